The van der Waals surface area contributed by atoms with Gasteiger partial charge in [0, 0.05) is 12.5 Å². The summed E-state index contributed by atoms with van der Waals surface area (Å²) in [5.41, 5.74) is 0. The highest BCUT2D eigenvalue weighted by molar-refractivity contribution is 5.73. The van der Waals surface area contributed by atoms with Gasteiger partial charge in [-0.05, 0) is 6.42 Å². The van der Waals surface area contributed by atoms with Gasteiger partial charge in [0.05, 0.1) is 26.1 Å². The van der Waals surface area contributed by atoms with Crippen molar-refractivity contribution in [1.82, 2.24) is 0 Å². The second kappa shape index (κ2) is 4.95. The number of methoxy groups -OCH3 is 1. The van der Waals surface area contributed by atoms with Crippen LogP contribution < -0.4 is 0 Å². The molecule has 0 bridgehead atoms. The van der Waals surface area contributed by atoms with Gasteiger partial charge in [0.15, 0.2) is 0 Å². The molecule has 1 aliphatic heterocycles. The molecule has 0 aromatic heterocycles. The summed E-state index contributed by atoms with van der Waals surface area (Å²) in [6, 6.07) is 0. The number of hydrogen-bond donors (Lipinski definition) is 1. The van der Waals surface area contributed by atoms with E-state index in [1.54, 1.807) is 0 Å². The highest BCUT2D eigenvalue weighted by atomic mass is 16.5. The average Bonchev–Trinajstić information content (AvgIpc) is 2.18. The maximum atomic E-state index is 11.0. The lowest BCUT2D eigenvalue weighted by Gasteiger charge is -2.27. The summed E-state index contributed by atoms with van der Waals surface area (Å²) in [7, 11) is 1.29. The second-order valence-corrected chi connectivity index (χ2v) is 3.35. The first-order valence-corrected chi connectivity index (χ1v) is 4.52. The molecule has 0 saturated carbocycles. The zero-order valence-electron chi connectivity index (χ0n) is 8.06. The number of ether oxygens (including phenoxy) is 2. The molecule has 0 radical (unpaired) electrons. The summed E-state index contributed by atoms with van der Waals surface area (Å²) in [6.45, 7) is 0.778. The van der Waals surface area contributed by atoms with Crippen LogP contribution in [0.15, 0.2) is 0 Å². The molecule has 1 saturated heterocycles. The standard InChI is InChI=1S/C9H14O5/c1-13-8(10)4-6-5-14-3-2-7(6)9(11)12/h6-7H,2-5H2,1H3,(H,11,12). The van der Waals surface area contributed by atoms with Crippen molar-refractivity contribution in [3.8, 4) is 0 Å². The molecular weight excluding hydrogens is 188 g/mol. The number of aliphatic carboxylic acids is 1. The van der Waals surface area contributed by atoms with Gasteiger partial charge in [0.1, 0.15) is 0 Å². The zero-order valence-corrected chi connectivity index (χ0v) is 8.06. The number of carboxylic acid groups (broad SMARTS) is 1. The normalized spacial score (nSPS) is 26.9. The number of carbonyl (C=O) groups excluding carboxylic acids is 1. The maximum Gasteiger partial charge on any atom is 0.306 e. The minimum Gasteiger partial charge on any atom is -0.481 e. The Morgan fingerprint density at radius 1 is 1.57 bits per heavy atom. The molecule has 2 unspecified atom stereocenters. The smallest absolute Gasteiger partial charge is 0.306 e. The predicted octanol–water partition coefficient (Wildman–Crippen LogP) is 0.287. The Hall–Kier alpha value is -1.10. The van der Waals surface area contributed by atoms with E-state index in [1.165, 1.54) is 7.11 Å². The predicted molar refractivity (Wildman–Crippen MR) is 46.7 cm³/mol. The largest absolute Gasteiger partial charge is 0.481 e. The van der Waals surface area contributed by atoms with Gasteiger partial charge in [-0.2, -0.15) is 0 Å². The Morgan fingerprint density at radius 3 is 2.86 bits per heavy atom. The van der Waals surface area contributed by atoms with Crippen molar-refractivity contribution in [2.75, 3.05) is 20.3 Å². The second-order valence-electron chi connectivity index (χ2n) is 3.35. The first kappa shape index (κ1) is 11.0. The molecule has 5 heteroatoms. The fourth-order valence-electron chi connectivity index (χ4n) is 1.62. The van der Waals surface area contributed by atoms with E-state index in [0.29, 0.717) is 19.6 Å². The maximum absolute atomic E-state index is 11.0. The molecule has 80 valence electrons. The van der Waals surface area contributed by atoms with Crippen molar-refractivity contribution in [3.05, 3.63) is 0 Å². The Bertz CT molecular complexity index is 225. The summed E-state index contributed by atoms with van der Waals surface area (Å²) < 4.78 is 9.63. The van der Waals surface area contributed by atoms with Crippen LogP contribution in [0.1, 0.15) is 12.8 Å². The lowest BCUT2D eigenvalue weighted by Crippen LogP contribution is -2.34. The molecule has 14 heavy (non-hydrogen) atoms. The number of hydrogen-bond acceptors (Lipinski definition) is 4. The van der Waals surface area contributed by atoms with Crippen molar-refractivity contribution in [2.45, 2.75) is 12.8 Å². The minimum atomic E-state index is -0.859. The van der Waals surface area contributed by atoms with Gasteiger partial charge in [0.2, 0.25) is 0 Å². The van der Waals surface area contributed by atoms with Crippen LogP contribution in [-0.2, 0) is 19.1 Å². The molecule has 0 aromatic rings. The first-order chi connectivity index (χ1) is 6.65. The summed E-state index contributed by atoms with van der Waals surface area (Å²) in [5.74, 6) is -1.98. The SMILES string of the molecule is COC(=O)CC1COCCC1C(=O)O. The lowest BCUT2D eigenvalue weighted by atomic mass is 9.86. The molecule has 1 rings (SSSR count). The van der Waals surface area contributed by atoms with Crippen LogP contribution in [0.2, 0.25) is 0 Å². The van der Waals surface area contributed by atoms with E-state index < -0.39 is 11.9 Å². The summed E-state index contributed by atoms with van der Waals surface area (Å²) in [6.07, 6.45) is 0.588. The van der Waals surface area contributed by atoms with Gasteiger partial charge >= 0.3 is 11.9 Å². The van der Waals surface area contributed by atoms with E-state index >= 15 is 0 Å². The third-order valence-corrected chi connectivity index (χ3v) is 2.45. The van der Waals surface area contributed by atoms with Crippen molar-refractivity contribution < 1.29 is 24.2 Å². The van der Waals surface area contributed by atoms with Crippen LogP contribution in [0.25, 0.3) is 0 Å². The van der Waals surface area contributed by atoms with Gasteiger partial charge in [-0.1, -0.05) is 0 Å². The third-order valence-electron chi connectivity index (χ3n) is 2.45. The number of rotatable bonds is 3. The molecule has 0 spiro atoms. The number of carbonyl (C=O) groups is 2. The van der Waals surface area contributed by atoms with Gasteiger partial charge < -0.3 is 14.6 Å². The van der Waals surface area contributed by atoms with Gasteiger partial charge in [-0.25, -0.2) is 0 Å². The molecule has 1 fully saturated rings. The highest BCUT2D eigenvalue weighted by Crippen LogP contribution is 2.25. The molecule has 1 aliphatic rings. The van der Waals surface area contributed by atoms with Gasteiger partial charge in [-0.15, -0.1) is 0 Å². The van der Waals surface area contributed by atoms with Crippen LogP contribution in [0.4, 0.5) is 0 Å². The molecule has 1 N–H and O–H groups in total. The summed E-state index contributed by atoms with van der Waals surface area (Å²) in [5, 5.41) is 8.89. The van der Waals surface area contributed by atoms with Crippen molar-refractivity contribution in [1.29, 1.82) is 0 Å². The lowest BCUT2D eigenvalue weighted by molar-refractivity contribution is -0.152. The highest BCUT2D eigenvalue weighted by Gasteiger charge is 2.33. The Morgan fingerprint density at radius 2 is 2.29 bits per heavy atom. The molecular formula is C9H14O5. The monoisotopic (exact) mass is 202 g/mol. The van der Waals surface area contributed by atoms with Crippen LogP contribution >= 0.6 is 0 Å². The Balaban J connectivity index is 2.54. The van der Waals surface area contributed by atoms with E-state index in [4.69, 9.17) is 9.84 Å². The van der Waals surface area contributed by atoms with E-state index in [9.17, 15) is 9.59 Å². The molecule has 0 aliphatic carbocycles. The van der Waals surface area contributed by atoms with Crippen LogP contribution in [0, 0.1) is 11.8 Å². The minimum absolute atomic E-state index is 0.119. The third kappa shape index (κ3) is 2.70. The van der Waals surface area contributed by atoms with Crippen LogP contribution in [0.5, 0.6) is 0 Å². The van der Waals surface area contributed by atoms with Gasteiger partial charge in [0.25, 0.3) is 0 Å². The van der Waals surface area contributed by atoms with E-state index in [1.807, 2.05) is 0 Å². The molecule has 0 amide bonds. The summed E-state index contributed by atoms with van der Waals surface area (Å²) >= 11 is 0. The van der Waals surface area contributed by atoms with Crippen LogP contribution in [0.3, 0.4) is 0 Å². The van der Waals surface area contributed by atoms with Crippen LogP contribution in [-0.4, -0.2) is 37.4 Å². The molecule has 0 aromatic carbocycles. The first-order valence-electron chi connectivity index (χ1n) is 4.52. The van der Waals surface area contributed by atoms with E-state index in [2.05, 4.69) is 4.74 Å². The fourth-order valence-corrected chi connectivity index (χ4v) is 1.62. The number of esters is 1. The van der Waals surface area contributed by atoms with Crippen molar-refractivity contribution in [3.63, 3.8) is 0 Å². The molecule has 2 atom stereocenters. The zero-order chi connectivity index (χ0) is 10.6. The topological polar surface area (TPSA) is 72.8 Å². The van der Waals surface area contributed by atoms with E-state index in [-0.39, 0.29) is 18.3 Å². The van der Waals surface area contributed by atoms with Crippen molar-refractivity contribution >= 4 is 11.9 Å². The fraction of sp³-hybridized carbons (Fsp3) is 0.778. The average molecular weight is 202 g/mol. The Kier molecular flexibility index (Phi) is 3.88. The Labute approximate surface area is 82.0 Å². The molecule has 1 heterocycles. The molecule has 5 nitrogen and oxygen atoms in total. The van der Waals surface area contributed by atoms with Crippen molar-refractivity contribution in [2.24, 2.45) is 11.8 Å². The number of carboxylic acids is 1. The van der Waals surface area contributed by atoms with Gasteiger partial charge in [-0.3, -0.25) is 9.59 Å². The summed E-state index contributed by atoms with van der Waals surface area (Å²) in [4.78, 5) is 21.8. The quantitative estimate of drug-likeness (QED) is 0.666. The van der Waals surface area contributed by atoms with E-state index in [0.717, 1.165) is 0 Å².